The third-order valence-corrected chi connectivity index (χ3v) is 2.70. The Morgan fingerprint density at radius 2 is 1.88 bits per heavy atom. The lowest BCUT2D eigenvalue weighted by atomic mass is 9.98. The number of hydrogen-bond donors (Lipinski definition) is 0. The zero-order valence-corrected chi connectivity index (χ0v) is 10.4. The molecule has 0 saturated heterocycles. The fourth-order valence-electron chi connectivity index (χ4n) is 1.33. The molecule has 0 rings (SSSR count). The molecule has 0 aromatic carbocycles. The Morgan fingerprint density at radius 3 is 2.24 bits per heavy atom. The van der Waals surface area contributed by atoms with Gasteiger partial charge < -0.3 is 4.74 Å². The van der Waals surface area contributed by atoms with Crippen molar-refractivity contribution in [3.8, 4) is 0 Å². The molecule has 2 nitrogen and oxygen atoms in total. The van der Waals surface area contributed by atoms with E-state index in [1.165, 1.54) is 0 Å². The van der Waals surface area contributed by atoms with E-state index in [9.17, 15) is 18.0 Å². The summed E-state index contributed by atoms with van der Waals surface area (Å²) in [6.45, 7) is 8.37. The molecule has 0 fully saturated rings. The van der Waals surface area contributed by atoms with Gasteiger partial charge >= 0.3 is 12.1 Å². The van der Waals surface area contributed by atoms with Crippen LogP contribution in [-0.4, -0.2) is 18.2 Å². The summed E-state index contributed by atoms with van der Waals surface area (Å²) >= 11 is 0. The molecule has 2 atom stereocenters. The molecule has 2 unspecified atom stereocenters. The fraction of sp³-hybridized carbons (Fsp3) is 0.750. The molecule has 0 aliphatic carbocycles. The summed E-state index contributed by atoms with van der Waals surface area (Å²) in [5, 5.41) is 0. The maximum absolute atomic E-state index is 12.2. The van der Waals surface area contributed by atoms with Gasteiger partial charge in [0.15, 0.2) is 0 Å². The summed E-state index contributed by atoms with van der Waals surface area (Å²) in [7, 11) is 0. The number of alkyl halides is 3. The molecule has 17 heavy (non-hydrogen) atoms. The Labute approximate surface area is 99.8 Å². The average Bonchev–Trinajstić information content (AvgIpc) is 2.24. The molecule has 0 saturated carbocycles. The number of esters is 1. The second-order valence-electron chi connectivity index (χ2n) is 4.09. The summed E-state index contributed by atoms with van der Waals surface area (Å²) in [4.78, 5) is 11.3. The van der Waals surface area contributed by atoms with Gasteiger partial charge in [-0.3, -0.25) is 0 Å². The van der Waals surface area contributed by atoms with Gasteiger partial charge in [0, 0.05) is 0 Å². The number of rotatable bonds is 6. The van der Waals surface area contributed by atoms with Crippen LogP contribution in [-0.2, 0) is 9.53 Å². The monoisotopic (exact) mass is 252 g/mol. The van der Waals surface area contributed by atoms with Crippen molar-refractivity contribution in [1.29, 1.82) is 0 Å². The van der Waals surface area contributed by atoms with E-state index in [-0.39, 0.29) is 5.92 Å². The van der Waals surface area contributed by atoms with E-state index in [0.717, 1.165) is 12.8 Å². The van der Waals surface area contributed by atoms with Crippen LogP contribution < -0.4 is 0 Å². The van der Waals surface area contributed by atoms with E-state index < -0.39 is 23.8 Å². The minimum absolute atomic E-state index is 0.0416. The molecular weight excluding hydrogens is 233 g/mol. The number of carbonyl (C=O) groups is 1. The minimum Gasteiger partial charge on any atom is -0.459 e. The molecule has 0 amide bonds. The van der Waals surface area contributed by atoms with Crippen LogP contribution in [0, 0.1) is 5.92 Å². The maximum atomic E-state index is 12.2. The zero-order valence-electron chi connectivity index (χ0n) is 10.4. The fourth-order valence-corrected chi connectivity index (χ4v) is 1.33. The Balaban J connectivity index is 4.56. The van der Waals surface area contributed by atoms with Crippen LogP contribution in [0.4, 0.5) is 13.2 Å². The highest BCUT2D eigenvalue weighted by atomic mass is 19.4. The van der Waals surface area contributed by atoms with Gasteiger partial charge in [0.1, 0.15) is 11.7 Å². The van der Waals surface area contributed by atoms with Crippen molar-refractivity contribution >= 4 is 5.97 Å². The van der Waals surface area contributed by atoms with Gasteiger partial charge in [-0.15, -0.1) is 0 Å². The first-order valence-corrected chi connectivity index (χ1v) is 5.71. The van der Waals surface area contributed by atoms with Gasteiger partial charge in [0.05, 0.1) is 0 Å². The third kappa shape index (κ3) is 5.24. The second kappa shape index (κ2) is 6.67. The lowest BCUT2D eigenvalue weighted by molar-refractivity contribution is -0.158. The van der Waals surface area contributed by atoms with Crippen LogP contribution in [0.5, 0.6) is 0 Å². The maximum Gasteiger partial charge on any atom is 0.422 e. The Morgan fingerprint density at radius 1 is 1.35 bits per heavy atom. The van der Waals surface area contributed by atoms with Crippen molar-refractivity contribution in [3.63, 3.8) is 0 Å². The highest BCUT2D eigenvalue weighted by molar-refractivity contribution is 5.89. The van der Waals surface area contributed by atoms with Crippen LogP contribution in [0.2, 0.25) is 0 Å². The van der Waals surface area contributed by atoms with Gasteiger partial charge in [0.2, 0.25) is 0 Å². The van der Waals surface area contributed by atoms with E-state index in [1.807, 2.05) is 20.8 Å². The lowest BCUT2D eigenvalue weighted by Crippen LogP contribution is -2.29. The Kier molecular flexibility index (Phi) is 6.27. The highest BCUT2D eigenvalue weighted by Gasteiger charge is 2.39. The van der Waals surface area contributed by atoms with Crippen molar-refractivity contribution in [3.05, 3.63) is 12.2 Å². The van der Waals surface area contributed by atoms with Gasteiger partial charge in [-0.2, -0.15) is 13.2 Å². The van der Waals surface area contributed by atoms with Crippen molar-refractivity contribution in [2.75, 3.05) is 0 Å². The summed E-state index contributed by atoms with van der Waals surface area (Å²) in [5.41, 5.74) is -1.44. The molecule has 100 valence electrons. The summed E-state index contributed by atoms with van der Waals surface area (Å²) in [6, 6.07) is 0. The lowest BCUT2D eigenvalue weighted by Gasteiger charge is -2.23. The SMILES string of the molecule is C=C(C(=O)OC(CCC)C(C)CC)C(F)(F)F. The van der Waals surface area contributed by atoms with Gasteiger partial charge in [-0.05, 0) is 12.3 Å². The largest absolute Gasteiger partial charge is 0.459 e. The van der Waals surface area contributed by atoms with E-state index in [4.69, 9.17) is 4.74 Å². The second-order valence-corrected chi connectivity index (χ2v) is 4.09. The van der Waals surface area contributed by atoms with E-state index >= 15 is 0 Å². The van der Waals surface area contributed by atoms with Crippen LogP contribution in [0.1, 0.15) is 40.0 Å². The molecule has 0 aromatic rings. The molecule has 0 bridgehead atoms. The minimum atomic E-state index is -4.72. The third-order valence-electron chi connectivity index (χ3n) is 2.70. The quantitative estimate of drug-likeness (QED) is 0.530. The summed E-state index contributed by atoms with van der Waals surface area (Å²) in [6.07, 6.45) is -3.14. The molecule has 0 aromatic heterocycles. The van der Waals surface area contributed by atoms with Gasteiger partial charge in [0.25, 0.3) is 0 Å². The van der Waals surface area contributed by atoms with E-state index in [2.05, 4.69) is 6.58 Å². The Hall–Kier alpha value is -1.00. The molecular formula is C12H19F3O2. The smallest absolute Gasteiger partial charge is 0.422 e. The molecule has 5 heteroatoms. The molecule has 0 radical (unpaired) electrons. The Bertz CT molecular complexity index is 271. The first-order valence-electron chi connectivity index (χ1n) is 5.71. The molecule has 0 aliphatic rings. The standard InChI is InChI=1S/C12H19F3O2/c1-5-7-10(8(3)6-2)17-11(16)9(4)12(13,14)15/h8,10H,4-7H2,1-3H3. The summed E-state index contributed by atoms with van der Waals surface area (Å²) < 4.78 is 41.5. The van der Waals surface area contributed by atoms with Crippen molar-refractivity contribution in [2.24, 2.45) is 5.92 Å². The van der Waals surface area contributed by atoms with Gasteiger partial charge in [-0.1, -0.05) is 40.2 Å². The number of ether oxygens (including phenoxy) is 1. The van der Waals surface area contributed by atoms with Crippen LogP contribution in [0.15, 0.2) is 12.2 Å². The molecule has 0 N–H and O–H groups in total. The van der Waals surface area contributed by atoms with Gasteiger partial charge in [-0.25, -0.2) is 4.79 Å². The molecule has 0 aliphatic heterocycles. The predicted octanol–water partition coefficient (Wildman–Crippen LogP) is 3.86. The van der Waals surface area contributed by atoms with Crippen LogP contribution in [0.3, 0.4) is 0 Å². The predicted molar refractivity (Wildman–Crippen MR) is 59.4 cm³/mol. The first kappa shape index (κ1) is 16.0. The molecule has 0 spiro atoms. The first-order chi connectivity index (χ1) is 7.73. The van der Waals surface area contributed by atoms with Crippen LogP contribution in [0.25, 0.3) is 0 Å². The van der Waals surface area contributed by atoms with Crippen LogP contribution >= 0.6 is 0 Å². The molecule has 0 heterocycles. The average molecular weight is 252 g/mol. The number of carbonyl (C=O) groups excluding carboxylic acids is 1. The number of hydrogen-bond acceptors (Lipinski definition) is 2. The van der Waals surface area contributed by atoms with E-state index in [0.29, 0.717) is 6.42 Å². The topological polar surface area (TPSA) is 26.3 Å². The highest BCUT2D eigenvalue weighted by Crippen LogP contribution is 2.26. The van der Waals surface area contributed by atoms with Crippen molar-refractivity contribution in [2.45, 2.75) is 52.3 Å². The number of halogens is 3. The van der Waals surface area contributed by atoms with Crippen molar-refractivity contribution in [1.82, 2.24) is 0 Å². The van der Waals surface area contributed by atoms with Crippen molar-refractivity contribution < 1.29 is 22.7 Å². The summed E-state index contributed by atoms with van der Waals surface area (Å²) in [5.74, 6) is -1.32. The normalized spacial score (nSPS) is 15.2. The zero-order chi connectivity index (χ0) is 13.6. The van der Waals surface area contributed by atoms with E-state index in [1.54, 1.807) is 0 Å².